The van der Waals surface area contributed by atoms with Crippen molar-refractivity contribution >= 4 is 18.0 Å². The first-order valence-corrected chi connectivity index (χ1v) is 5.98. The van der Waals surface area contributed by atoms with Crippen LogP contribution in [0.3, 0.4) is 0 Å². The Kier molecular flexibility index (Phi) is 3.88. The Morgan fingerprint density at radius 1 is 1.35 bits per heavy atom. The highest BCUT2D eigenvalue weighted by atomic mass is 16.6. The number of rotatable bonds is 4. The fraction of sp³-hybridized carbons (Fsp3) is 0.308. The third-order valence-electron chi connectivity index (χ3n) is 2.70. The summed E-state index contributed by atoms with van der Waals surface area (Å²) in [6.45, 7) is 1.24. The van der Waals surface area contributed by atoms with E-state index < -0.39 is 23.7 Å². The zero-order valence-corrected chi connectivity index (χ0v) is 10.8. The van der Waals surface area contributed by atoms with Gasteiger partial charge in [0.05, 0.1) is 6.54 Å². The lowest BCUT2D eigenvalue weighted by atomic mass is 10.1. The summed E-state index contributed by atoms with van der Waals surface area (Å²) in [5, 5.41) is 4.66. The maximum absolute atomic E-state index is 11.6. The molecule has 1 aromatic rings. The van der Waals surface area contributed by atoms with Crippen molar-refractivity contribution in [2.75, 3.05) is 6.54 Å². The Balaban J connectivity index is 1.89. The molecular weight excluding hydrogens is 264 g/mol. The molecule has 2 rings (SSSR count). The standard InChI is InChI=1S/C13H14N2O5/c1-9(16)20-13(8-14-11(13)17)15-12(18)19-7-10-5-3-2-4-6-10/h2-6H,7-8H2,1H3,(H,14,17)(H,15,18). The summed E-state index contributed by atoms with van der Waals surface area (Å²) in [6.07, 6.45) is -0.829. The largest absolute Gasteiger partial charge is 0.445 e. The molecule has 0 bridgehead atoms. The van der Waals surface area contributed by atoms with Crippen molar-refractivity contribution in [3.8, 4) is 0 Å². The van der Waals surface area contributed by atoms with E-state index in [-0.39, 0.29) is 13.2 Å². The van der Waals surface area contributed by atoms with Gasteiger partial charge in [-0.05, 0) is 5.56 Å². The van der Waals surface area contributed by atoms with Crippen LogP contribution in [0.1, 0.15) is 12.5 Å². The third-order valence-corrected chi connectivity index (χ3v) is 2.70. The monoisotopic (exact) mass is 278 g/mol. The van der Waals surface area contributed by atoms with Crippen molar-refractivity contribution < 1.29 is 23.9 Å². The van der Waals surface area contributed by atoms with Crippen LogP contribution in [0.4, 0.5) is 4.79 Å². The molecule has 0 spiro atoms. The van der Waals surface area contributed by atoms with Gasteiger partial charge in [-0.1, -0.05) is 30.3 Å². The van der Waals surface area contributed by atoms with Gasteiger partial charge in [-0.25, -0.2) is 4.79 Å². The summed E-state index contributed by atoms with van der Waals surface area (Å²) in [4.78, 5) is 34.1. The minimum Gasteiger partial charge on any atom is -0.445 e. The number of esters is 1. The Morgan fingerprint density at radius 3 is 2.55 bits per heavy atom. The van der Waals surface area contributed by atoms with E-state index in [9.17, 15) is 14.4 Å². The average molecular weight is 278 g/mol. The molecule has 1 aliphatic rings. The predicted octanol–water partition coefficient (Wildman–Crippen LogP) is 0.302. The molecule has 20 heavy (non-hydrogen) atoms. The van der Waals surface area contributed by atoms with Gasteiger partial charge in [0.25, 0.3) is 11.6 Å². The van der Waals surface area contributed by atoms with Crippen LogP contribution >= 0.6 is 0 Å². The molecule has 0 aromatic heterocycles. The SMILES string of the molecule is CC(=O)OC1(NC(=O)OCc2ccccc2)CNC1=O. The molecule has 1 saturated heterocycles. The molecule has 7 heteroatoms. The van der Waals surface area contributed by atoms with Gasteiger partial charge in [-0.3, -0.25) is 14.9 Å². The first kappa shape index (κ1) is 13.9. The number of benzene rings is 1. The van der Waals surface area contributed by atoms with Crippen molar-refractivity contribution in [2.24, 2.45) is 0 Å². The van der Waals surface area contributed by atoms with Gasteiger partial charge in [0.2, 0.25) is 0 Å². The van der Waals surface area contributed by atoms with Crippen LogP contribution < -0.4 is 10.6 Å². The fourth-order valence-corrected chi connectivity index (χ4v) is 1.70. The molecule has 1 heterocycles. The Labute approximate surface area is 115 Å². The number of β-lactam (4-membered cyclic amide) rings is 1. The topological polar surface area (TPSA) is 93.7 Å². The second-order valence-electron chi connectivity index (χ2n) is 4.29. The van der Waals surface area contributed by atoms with E-state index in [4.69, 9.17) is 9.47 Å². The van der Waals surface area contributed by atoms with E-state index >= 15 is 0 Å². The maximum atomic E-state index is 11.6. The van der Waals surface area contributed by atoms with Crippen LogP contribution in [0.2, 0.25) is 0 Å². The number of hydrogen-bond donors (Lipinski definition) is 2. The van der Waals surface area contributed by atoms with E-state index in [1.54, 1.807) is 12.1 Å². The van der Waals surface area contributed by atoms with Crippen LogP contribution in [0.5, 0.6) is 0 Å². The number of ether oxygens (including phenoxy) is 2. The van der Waals surface area contributed by atoms with E-state index in [1.165, 1.54) is 0 Å². The quantitative estimate of drug-likeness (QED) is 0.469. The molecule has 1 unspecified atom stereocenters. The normalized spacial score (nSPS) is 20.4. The van der Waals surface area contributed by atoms with Gasteiger partial charge in [-0.15, -0.1) is 0 Å². The molecule has 106 valence electrons. The lowest BCUT2D eigenvalue weighted by molar-refractivity contribution is -0.179. The number of carbonyl (C=O) groups excluding carboxylic acids is 3. The maximum Gasteiger partial charge on any atom is 0.411 e. The summed E-state index contributed by atoms with van der Waals surface area (Å²) in [6, 6.07) is 9.07. The lowest BCUT2D eigenvalue weighted by Crippen LogP contribution is -2.74. The minimum absolute atomic E-state index is 0.0197. The number of alkyl carbamates (subject to hydrolysis) is 1. The van der Waals surface area contributed by atoms with Gasteiger partial charge in [0.15, 0.2) is 0 Å². The molecule has 2 amide bonds. The average Bonchev–Trinajstić information content (AvgIpc) is 2.43. The predicted molar refractivity (Wildman–Crippen MR) is 67.3 cm³/mol. The highest BCUT2D eigenvalue weighted by molar-refractivity contribution is 5.95. The van der Waals surface area contributed by atoms with Crippen molar-refractivity contribution in [2.45, 2.75) is 19.3 Å². The second-order valence-corrected chi connectivity index (χ2v) is 4.29. The fourth-order valence-electron chi connectivity index (χ4n) is 1.70. The van der Waals surface area contributed by atoms with Crippen LogP contribution in [-0.4, -0.2) is 30.2 Å². The van der Waals surface area contributed by atoms with Gasteiger partial charge in [0.1, 0.15) is 6.61 Å². The van der Waals surface area contributed by atoms with Crippen LogP contribution in [-0.2, 0) is 25.7 Å². The Morgan fingerprint density at radius 2 is 2.05 bits per heavy atom. The lowest BCUT2D eigenvalue weighted by Gasteiger charge is -2.38. The minimum atomic E-state index is -1.65. The summed E-state index contributed by atoms with van der Waals surface area (Å²) in [5.74, 6) is -1.24. The summed E-state index contributed by atoms with van der Waals surface area (Å²) < 4.78 is 9.81. The number of hydrogen-bond acceptors (Lipinski definition) is 5. The molecule has 1 aliphatic heterocycles. The molecule has 1 atom stereocenters. The summed E-state index contributed by atoms with van der Waals surface area (Å²) in [5.41, 5.74) is -0.846. The van der Waals surface area contributed by atoms with Gasteiger partial charge in [-0.2, -0.15) is 0 Å². The number of carbonyl (C=O) groups is 3. The van der Waals surface area contributed by atoms with Crippen molar-refractivity contribution in [3.63, 3.8) is 0 Å². The van der Waals surface area contributed by atoms with Crippen molar-refractivity contribution in [1.29, 1.82) is 0 Å². The highest BCUT2D eigenvalue weighted by Gasteiger charge is 2.51. The zero-order valence-electron chi connectivity index (χ0n) is 10.8. The number of nitrogens with one attached hydrogen (secondary N) is 2. The molecule has 7 nitrogen and oxygen atoms in total. The molecule has 0 radical (unpaired) electrons. The van der Waals surface area contributed by atoms with Gasteiger partial charge in [0, 0.05) is 6.92 Å². The van der Waals surface area contributed by atoms with Gasteiger partial charge < -0.3 is 14.8 Å². The van der Waals surface area contributed by atoms with Crippen LogP contribution in [0.15, 0.2) is 30.3 Å². The zero-order chi connectivity index (χ0) is 14.6. The summed E-state index contributed by atoms with van der Waals surface area (Å²) >= 11 is 0. The first-order valence-electron chi connectivity index (χ1n) is 5.98. The molecule has 2 N–H and O–H groups in total. The van der Waals surface area contributed by atoms with Crippen molar-refractivity contribution in [3.05, 3.63) is 35.9 Å². The first-order chi connectivity index (χ1) is 9.52. The smallest absolute Gasteiger partial charge is 0.411 e. The van der Waals surface area contributed by atoms with Crippen LogP contribution in [0, 0.1) is 0 Å². The molecule has 1 fully saturated rings. The van der Waals surface area contributed by atoms with E-state index in [0.29, 0.717) is 0 Å². The Bertz CT molecular complexity index is 531. The number of amides is 2. The molecule has 0 aliphatic carbocycles. The molecular formula is C13H14N2O5. The summed E-state index contributed by atoms with van der Waals surface area (Å²) in [7, 11) is 0. The van der Waals surface area contributed by atoms with E-state index in [0.717, 1.165) is 12.5 Å². The second kappa shape index (κ2) is 5.60. The Hall–Kier alpha value is -2.57. The highest BCUT2D eigenvalue weighted by Crippen LogP contribution is 2.15. The third kappa shape index (κ3) is 3.05. The van der Waals surface area contributed by atoms with Crippen LogP contribution in [0.25, 0.3) is 0 Å². The van der Waals surface area contributed by atoms with E-state index in [2.05, 4.69) is 10.6 Å². The van der Waals surface area contributed by atoms with Gasteiger partial charge >= 0.3 is 12.1 Å². The van der Waals surface area contributed by atoms with E-state index in [1.807, 2.05) is 18.2 Å². The molecule has 1 aromatic carbocycles. The molecule has 0 saturated carbocycles. The van der Waals surface area contributed by atoms with Crippen molar-refractivity contribution in [1.82, 2.24) is 10.6 Å².